The summed E-state index contributed by atoms with van der Waals surface area (Å²) in [4.78, 5) is 0. The fourth-order valence-electron chi connectivity index (χ4n) is 1.64. The van der Waals surface area contributed by atoms with E-state index in [1.54, 1.807) is 48.5 Å². The highest BCUT2D eigenvalue weighted by molar-refractivity contribution is 5.45. The van der Waals surface area contributed by atoms with Gasteiger partial charge in [0.2, 0.25) is 0 Å². The van der Waals surface area contributed by atoms with Gasteiger partial charge < -0.3 is 21.3 Å². The number of benzene rings is 3. The molecule has 3 aromatic carbocycles. The number of aromatic hydroxyl groups is 1. The zero-order valence-electron chi connectivity index (χ0n) is 12.0. The zero-order valence-corrected chi connectivity index (χ0v) is 12.0. The van der Waals surface area contributed by atoms with Crippen LogP contribution in [0.2, 0.25) is 0 Å². The summed E-state index contributed by atoms with van der Waals surface area (Å²) < 4.78 is 5.58. The lowest BCUT2D eigenvalue weighted by atomic mass is 10.3. The summed E-state index contributed by atoms with van der Waals surface area (Å²) in [7, 11) is 0. The number of phenolic OH excluding ortho intramolecular Hbond substituents is 1. The van der Waals surface area contributed by atoms with Gasteiger partial charge in [0.05, 0.1) is 0 Å². The Morgan fingerprint density at radius 3 is 1.32 bits per heavy atom. The van der Waals surface area contributed by atoms with E-state index >= 15 is 0 Å². The van der Waals surface area contributed by atoms with Crippen molar-refractivity contribution in [1.82, 2.24) is 0 Å². The number of para-hydroxylation sites is 1. The first-order valence-electron chi connectivity index (χ1n) is 6.76. The minimum absolute atomic E-state index is 0.322. The zero-order chi connectivity index (χ0) is 15.8. The smallest absolute Gasteiger partial charge is 0.127 e. The monoisotopic (exact) mass is 294 g/mol. The predicted octanol–water partition coefficient (Wildman–Crippen LogP) is 4.04. The van der Waals surface area contributed by atoms with Gasteiger partial charge in [-0.2, -0.15) is 0 Å². The molecule has 0 amide bonds. The van der Waals surface area contributed by atoms with Crippen LogP contribution in [0.25, 0.3) is 0 Å². The second-order valence-electron chi connectivity index (χ2n) is 4.58. The van der Waals surface area contributed by atoms with Crippen molar-refractivity contribution < 1.29 is 9.84 Å². The van der Waals surface area contributed by atoms with E-state index < -0.39 is 0 Å². The summed E-state index contributed by atoms with van der Waals surface area (Å²) in [6.07, 6.45) is 0. The predicted molar refractivity (Wildman–Crippen MR) is 89.9 cm³/mol. The van der Waals surface area contributed by atoms with E-state index in [1.165, 1.54) is 0 Å². The molecular formula is C18H18N2O2. The molecule has 22 heavy (non-hydrogen) atoms. The fraction of sp³-hybridized carbons (Fsp3) is 0. The standard InChI is InChI=1S/C12H12N2O.C6H6O/c13-9-1-5-11(6-2-9)15-12-7-3-10(14)4-8-12;7-6-4-2-1-3-5-6/h1-8H,13-14H2;1-5,7H. The topological polar surface area (TPSA) is 81.5 Å². The minimum Gasteiger partial charge on any atom is -0.508 e. The fourth-order valence-corrected chi connectivity index (χ4v) is 1.64. The van der Waals surface area contributed by atoms with Gasteiger partial charge in [0, 0.05) is 11.4 Å². The Morgan fingerprint density at radius 2 is 1.00 bits per heavy atom. The number of hydrogen-bond donors (Lipinski definition) is 3. The number of anilines is 2. The molecule has 4 nitrogen and oxygen atoms in total. The van der Waals surface area contributed by atoms with Crippen LogP contribution in [0.5, 0.6) is 17.2 Å². The third-order valence-corrected chi connectivity index (χ3v) is 2.75. The van der Waals surface area contributed by atoms with Gasteiger partial charge in [-0.15, -0.1) is 0 Å². The molecule has 3 rings (SSSR count). The van der Waals surface area contributed by atoms with Crippen molar-refractivity contribution in [3.05, 3.63) is 78.9 Å². The number of phenols is 1. The molecule has 0 heterocycles. The molecule has 0 aliphatic heterocycles. The summed E-state index contributed by atoms with van der Waals surface area (Å²) >= 11 is 0. The molecule has 4 heteroatoms. The van der Waals surface area contributed by atoms with E-state index in [1.807, 2.05) is 30.3 Å². The third kappa shape index (κ3) is 5.09. The molecule has 0 aliphatic carbocycles. The van der Waals surface area contributed by atoms with Gasteiger partial charge in [-0.3, -0.25) is 0 Å². The van der Waals surface area contributed by atoms with Crippen LogP contribution in [0.1, 0.15) is 0 Å². The second kappa shape index (κ2) is 7.59. The van der Waals surface area contributed by atoms with Crippen LogP contribution in [0, 0.1) is 0 Å². The second-order valence-corrected chi connectivity index (χ2v) is 4.58. The molecule has 0 fully saturated rings. The van der Waals surface area contributed by atoms with Crippen molar-refractivity contribution >= 4 is 11.4 Å². The van der Waals surface area contributed by atoms with Gasteiger partial charge in [-0.05, 0) is 60.7 Å². The molecule has 0 atom stereocenters. The molecule has 112 valence electrons. The van der Waals surface area contributed by atoms with Crippen molar-refractivity contribution in [3.8, 4) is 17.2 Å². The van der Waals surface area contributed by atoms with E-state index in [0.29, 0.717) is 5.75 Å². The molecule has 0 spiro atoms. The Kier molecular flexibility index (Phi) is 5.26. The Hall–Kier alpha value is -3.14. The molecule has 5 N–H and O–H groups in total. The van der Waals surface area contributed by atoms with Crippen LogP contribution >= 0.6 is 0 Å². The number of hydrogen-bond acceptors (Lipinski definition) is 4. The summed E-state index contributed by atoms with van der Waals surface area (Å²) in [6.45, 7) is 0. The van der Waals surface area contributed by atoms with Gasteiger partial charge in [0.25, 0.3) is 0 Å². The molecule has 0 radical (unpaired) electrons. The first kappa shape index (κ1) is 15.3. The van der Waals surface area contributed by atoms with E-state index in [4.69, 9.17) is 21.3 Å². The maximum atomic E-state index is 8.63. The average molecular weight is 294 g/mol. The van der Waals surface area contributed by atoms with Crippen LogP contribution < -0.4 is 16.2 Å². The number of nitrogen functional groups attached to an aromatic ring is 2. The first-order valence-corrected chi connectivity index (χ1v) is 6.76. The number of rotatable bonds is 2. The molecule has 0 saturated carbocycles. The Labute approximate surface area is 129 Å². The third-order valence-electron chi connectivity index (χ3n) is 2.75. The van der Waals surface area contributed by atoms with Crippen LogP contribution in [-0.2, 0) is 0 Å². The number of ether oxygens (including phenoxy) is 1. The molecule has 0 saturated heterocycles. The summed E-state index contributed by atoms with van der Waals surface area (Å²) in [6, 6.07) is 23.2. The maximum Gasteiger partial charge on any atom is 0.127 e. The lowest BCUT2D eigenvalue weighted by molar-refractivity contribution is 0.475. The molecular weight excluding hydrogens is 276 g/mol. The van der Waals surface area contributed by atoms with Gasteiger partial charge in [-0.25, -0.2) is 0 Å². The van der Waals surface area contributed by atoms with Crippen LogP contribution in [0.4, 0.5) is 11.4 Å². The van der Waals surface area contributed by atoms with Crippen LogP contribution in [0.15, 0.2) is 78.9 Å². The van der Waals surface area contributed by atoms with Crippen molar-refractivity contribution in [1.29, 1.82) is 0 Å². The molecule has 0 aromatic heterocycles. The van der Waals surface area contributed by atoms with Crippen molar-refractivity contribution in [2.45, 2.75) is 0 Å². The van der Waals surface area contributed by atoms with Crippen molar-refractivity contribution in [2.75, 3.05) is 11.5 Å². The molecule has 0 aliphatic rings. The Balaban J connectivity index is 0.000000211. The summed E-state index contributed by atoms with van der Waals surface area (Å²) in [5, 5.41) is 8.63. The van der Waals surface area contributed by atoms with Crippen LogP contribution in [0.3, 0.4) is 0 Å². The molecule has 0 bridgehead atoms. The summed E-state index contributed by atoms with van der Waals surface area (Å²) in [5.41, 5.74) is 12.6. The SMILES string of the molecule is Nc1ccc(Oc2ccc(N)cc2)cc1.Oc1ccccc1. The normalized spacial score (nSPS) is 9.45. The molecule has 3 aromatic rings. The van der Waals surface area contributed by atoms with Gasteiger partial charge in [-0.1, -0.05) is 18.2 Å². The minimum atomic E-state index is 0.322. The largest absolute Gasteiger partial charge is 0.508 e. The van der Waals surface area contributed by atoms with E-state index in [-0.39, 0.29) is 0 Å². The van der Waals surface area contributed by atoms with Gasteiger partial charge in [0.15, 0.2) is 0 Å². The van der Waals surface area contributed by atoms with E-state index in [2.05, 4.69) is 0 Å². The summed E-state index contributed by atoms with van der Waals surface area (Å²) in [5.74, 6) is 1.84. The highest BCUT2D eigenvalue weighted by atomic mass is 16.5. The maximum absolute atomic E-state index is 8.63. The highest BCUT2D eigenvalue weighted by Gasteiger charge is 1.96. The lowest BCUT2D eigenvalue weighted by Crippen LogP contribution is -1.87. The number of nitrogens with two attached hydrogens (primary N) is 2. The average Bonchev–Trinajstić information content (AvgIpc) is 2.53. The quantitative estimate of drug-likeness (QED) is 0.623. The van der Waals surface area contributed by atoms with E-state index in [0.717, 1.165) is 22.9 Å². The van der Waals surface area contributed by atoms with Gasteiger partial charge in [0.1, 0.15) is 17.2 Å². The highest BCUT2D eigenvalue weighted by Crippen LogP contribution is 2.22. The van der Waals surface area contributed by atoms with Crippen LogP contribution in [-0.4, -0.2) is 5.11 Å². The Bertz CT molecular complexity index is 637. The van der Waals surface area contributed by atoms with Gasteiger partial charge >= 0.3 is 0 Å². The van der Waals surface area contributed by atoms with Crippen molar-refractivity contribution in [2.24, 2.45) is 0 Å². The lowest BCUT2D eigenvalue weighted by Gasteiger charge is -2.05. The van der Waals surface area contributed by atoms with Crippen molar-refractivity contribution in [3.63, 3.8) is 0 Å². The Morgan fingerprint density at radius 1 is 0.591 bits per heavy atom. The molecule has 0 unspecified atom stereocenters. The van der Waals surface area contributed by atoms with E-state index in [9.17, 15) is 0 Å². The first-order chi connectivity index (χ1) is 10.6.